The number of hydrogen-bond acceptors (Lipinski definition) is 2. The minimum Gasteiger partial charge on any atom is -0.149 e. The molecule has 0 fully saturated rings. The highest BCUT2D eigenvalue weighted by molar-refractivity contribution is 9.11. The third-order valence-corrected chi connectivity index (χ3v) is 6.99. The van der Waals surface area contributed by atoms with Gasteiger partial charge in [-0.15, -0.1) is 23.1 Å². The number of halogens is 1. The van der Waals surface area contributed by atoms with E-state index < -0.39 is 0 Å². The lowest BCUT2D eigenvalue weighted by Gasteiger charge is -1.93. The van der Waals surface area contributed by atoms with Crippen molar-refractivity contribution >= 4 is 53.1 Å². The molecule has 1 aromatic heterocycles. The van der Waals surface area contributed by atoms with Crippen LogP contribution in [0.1, 0.15) is 0 Å². The molecule has 12 heavy (non-hydrogen) atoms. The molecule has 0 aliphatic carbocycles. The summed E-state index contributed by atoms with van der Waals surface area (Å²) in [7, 11) is 0.419. The van der Waals surface area contributed by atoms with Gasteiger partial charge in [0, 0.05) is 14.3 Å². The van der Waals surface area contributed by atoms with E-state index in [1.165, 1.54) is 5.22 Å². The van der Waals surface area contributed by atoms with Crippen LogP contribution < -0.4 is 5.22 Å². The Kier molecular flexibility index (Phi) is 1.72. The van der Waals surface area contributed by atoms with Crippen molar-refractivity contribution in [3.63, 3.8) is 0 Å². The van der Waals surface area contributed by atoms with Gasteiger partial charge in [0.25, 0.3) is 0 Å². The van der Waals surface area contributed by atoms with Gasteiger partial charge in [-0.2, -0.15) is 0 Å². The van der Waals surface area contributed by atoms with Gasteiger partial charge < -0.3 is 0 Å². The van der Waals surface area contributed by atoms with Gasteiger partial charge in [-0.25, -0.2) is 0 Å². The van der Waals surface area contributed by atoms with Crippen LogP contribution in [0.25, 0.3) is 4.91 Å². The van der Waals surface area contributed by atoms with Crippen LogP contribution in [0.15, 0.2) is 22.7 Å². The molecule has 2 aliphatic rings. The van der Waals surface area contributed by atoms with Crippen LogP contribution in [0.3, 0.4) is 0 Å². The summed E-state index contributed by atoms with van der Waals surface area (Å²) in [6.07, 6.45) is 2.36. The van der Waals surface area contributed by atoms with Crippen molar-refractivity contribution in [2.45, 2.75) is 4.16 Å². The summed E-state index contributed by atoms with van der Waals surface area (Å²) in [6, 6.07) is 2.27. The fourth-order valence-corrected chi connectivity index (χ4v) is 7.08. The Bertz CT molecular complexity index is 485. The van der Waals surface area contributed by atoms with Crippen LogP contribution in [0.2, 0.25) is 0 Å². The number of hydrogen-bond donors (Lipinski definition) is 0. The van der Waals surface area contributed by atoms with Crippen molar-refractivity contribution in [2.75, 3.05) is 0 Å². The molecule has 2 aliphatic heterocycles. The molecule has 60 valence electrons. The molecule has 4 heteroatoms. The van der Waals surface area contributed by atoms with Gasteiger partial charge in [0.1, 0.15) is 0 Å². The van der Waals surface area contributed by atoms with E-state index >= 15 is 0 Å². The quantitative estimate of drug-likeness (QED) is 0.514. The lowest BCUT2D eigenvalue weighted by atomic mass is 10.4. The van der Waals surface area contributed by atoms with E-state index in [0.717, 1.165) is 0 Å². The standard InChI is InChI=1S/C8H5BrS2Si/c9-6-3-5-7(11-6)4-1-2-10-8(4)12-5/h1-3,6,12H. The second kappa shape index (κ2) is 2.67. The third kappa shape index (κ3) is 0.984. The first kappa shape index (κ1) is 7.73. The van der Waals surface area contributed by atoms with Crippen LogP contribution in [-0.2, 0) is 0 Å². The van der Waals surface area contributed by atoms with E-state index in [9.17, 15) is 0 Å². The largest absolute Gasteiger partial charge is 0.149 e. The Hall–Kier alpha value is 0.357. The predicted octanol–water partition coefficient (Wildman–Crippen LogP) is 1.91. The Morgan fingerprint density at radius 2 is 2.42 bits per heavy atom. The van der Waals surface area contributed by atoms with E-state index in [4.69, 9.17) is 0 Å². The number of rotatable bonds is 0. The predicted molar refractivity (Wildman–Crippen MR) is 61.7 cm³/mol. The molecule has 0 saturated carbocycles. The summed E-state index contributed by atoms with van der Waals surface area (Å²) in [5.41, 5.74) is 0. The Labute approximate surface area is 88.9 Å². The summed E-state index contributed by atoms with van der Waals surface area (Å²) in [6.45, 7) is 0. The second-order valence-corrected chi connectivity index (χ2v) is 8.36. The zero-order valence-electron chi connectivity index (χ0n) is 6.08. The normalized spacial score (nSPS) is 24.9. The van der Waals surface area contributed by atoms with Crippen molar-refractivity contribution in [1.82, 2.24) is 0 Å². The van der Waals surface area contributed by atoms with Gasteiger partial charge in [0.2, 0.25) is 0 Å². The van der Waals surface area contributed by atoms with Crippen LogP contribution in [0.4, 0.5) is 0 Å². The fourth-order valence-electron chi connectivity index (χ4n) is 1.53. The first-order chi connectivity index (χ1) is 5.84. The van der Waals surface area contributed by atoms with Gasteiger partial charge in [0.15, 0.2) is 0 Å². The van der Waals surface area contributed by atoms with Crippen molar-refractivity contribution in [3.8, 4) is 0 Å². The highest BCUT2D eigenvalue weighted by Crippen LogP contribution is 2.40. The van der Waals surface area contributed by atoms with E-state index in [1.807, 2.05) is 23.1 Å². The molecule has 0 aromatic carbocycles. The zero-order chi connectivity index (χ0) is 8.13. The summed E-state index contributed by atoms with van der Waals surface area (Å²) >= 11 is 7.48. The van der Waals surface area contributed by atoms with Crippen LogP contribution >= 0.6 is 39.0 Å². The highest BCUT2D eigenvalue weighted by atomic mass is 79.9. The molecular formula is C8H5BrS2Si. The lowest BCUT2D eigenvalue weighted by Crippen LogP contribution is -1.95. The topological polar surface area (TPSA) is 0 Å². The molecule has 3 rings (SSSR count). The molecule has 1 aromatic rings. The third-order valence-electron chi connectivity index (χ3n) is 2.03. The van der Waals surface area contributed by atoms with Crippen molar-refractivity contribution in [3.05, 3.63) is 32.1 Å². The zero-order valence-corrected chi connectivity index (χ0v) is 10.5. The number of thioether (sulfide) groups is 1. The molecule has 0 nitrogen and oxygen atoms in total. The Morgan fingerprint density at radius 1 is 1.50 bits per heavy atom. The first-order valence-corrected chi connectivity index (χ1v) is 7.50. The fraction of sp³-hybridized carbons (Fsp3) is 0.125. The molecule has 3 heterocycles. The SMILES string of the molecule is BrC1C=C2[SiH]=c3sccc3=C2S1. The lowest BCUT2D eigenvalue weighted by molar-refractivity contribution is 1.72. The molecule has 0 saturated heterocycles. The van der Waals surface area contributed by atoms with Gasteiger partial charge in [-0.1, -0.05) is 22.0 Å². The first-order valence-electron chi connectivity index (χ1n) is 3.67. The van der Waals surface area contributed by atoms with E-state index in [1.54, 1.807) is 14.2 Å². The average molecular weight is 273 g/mol. The molecular weight excluding hydrogens is 268 g/mol. The molecule has 0 spiro atoms. The summed E-state index contributed by atoms with van der Waals surface area (Å²) in [5, 5.41) is 5.35. The number of alkyl halides is 1. The van der Waals surface area contributed by atoms with Crippen LogP contribution in [-0.4, -0.2) is 13.3 Å². The van der Waals surface area contributed by atoms with E-state index in [2.05, 4.69) is 33.5 Å². The summed E-state index contributed by atoms with van der Waals surface area (Å²) in [4.78, 5) is 1.54. The molecule has 0 amide bonds. The number of thiophene rings is 1. The van der Waals surface area contributed by atoms with E-state index in [0.29, 0.717) is 13.3 Å². The Balaban J connectivity index is 2.41. The highest BCUT2D eigenvalue weighted by Gasteiger charge is 2.21. The molecule has 1 unspecified atom stereocenters. The molecule has 0 bridgehead atoms. The molecule has 1 atom stereocenters. The maximum atomic E-state index is 3.62. The van der Waals surface area contributed by atoms with Crippen molar-refractivity contribution in [2.24, 2.45) is 0 Å². The van der Waals surface area contributed by atoms with E-state index in [-0.39, 0.29) is 0 Å². The Morgan fingerprint density at radius 3 is 3.33 bits per heavy atom. The van der Waals surface area contributed by atoms with Gasteiger partial charge in [-0.3, -0.25) is 0 Å². The minimum absolute atomic E-state index is 0.419. The van der Waals surface area contributed by atoms with Crippen LogP contribution in [0, 0.1) is 4.13 Å². The monoisotopic (exact) mass is 272 g/mol. The van der Waals surface area contributed by atoms with Crippen molar-refractivity contribution < 1.29 is 0 Å². The van der Waals surface area contributed by atoms with Crippen molar-refractivity contribution in [1.29, 1.82) is 0 Å². The van der Waals surface area contributed by atoms with Crippen LogP contribution in [0.5, 0.6) is 0 Å². The van der Waals surface area contributed by atoms with Gasteiger partial charge in [0.05, 0.1) is 13.3 Å². The van der Waals surface area contributed by atoms with Gasteiger partial charge >= 0.3 is 0 Å². The second-order valence-electron chi connectivity index (χ2n) is 2.76. The molecule has 0 radical (unpaired) electrons. The molecule has 0 N–H and O–H groups in total. The summed E-state index contributed by atoms with van der Waals surface area (Å²) in [5.74, 6) is 0. The maximum Gasteiger partial charge on any atom is 0.0832 e. The average Bonchev–Trinajstić information content (AvgIpc) is 2.59. The number of fused-ring (bicyclic) bond motifs is 2. The maximum absolute atomic E-state index is 3.62. The van der Waals surface area contributed by atoms with Gasteiger partial charge in [-0.05, 0) is 16.6 Å². The summed E-state index contributed by atoms with van der Waals surface area (Å²) < 4.78 is 2.16. The smallest absolute Gasteiger partial charge is 0.0832 e. The minimum atomic E-state index is 0.419.